The first-order valence-electron chi connectivity index (χ1n) is 6.22. The summed E-state index contributed by atoms with van der Waals surface area (Å²) < 4.78 is 0. The van der Waals surface area contributed by atoms with Crippen molar-refractivity contribution in [2.75, 3.05) is 0 Å². The van der Waals surface area contributed by atoms with E-state index in [1.54, 1.807) is 0 Å². The minimum atomic E-state index is -0.463. The van der Waals surface area contributed by atoms with Gasteiger partial charge >= 0.3 is 0 Å². The highest BCUT2D eigenvalue weighted by atomic mass is 16.2. The molecule has 1 aromatic rings. The van der Waals surface area contributed by atoms with Crippen LogP contribution in [0.2, 0.25) is 0 Å². The molecule has 96 valence electrons. The minimum Gasteiger partial charge on any atom is -0.342 e. The molecule has 1 heterocycles. The van der Waals surface area contributed by atoms with Crippen molar-refractivity contribution in [1.29, 1.82) is 0 Å². The Kier molecular flexibility index (Phi) is 3.65. The third kappa shape index (κ3) is 2.70. The van der Waals surface area contributed by atoms with E-state index in [-0.39, 0.29) is 17.7 Å². The van der Waals surface area contributed by atoms with E-state index in [0.717, 1.165) is 5.56 Å². The molecule has 0 spiro atoms. The standard InChI is InChI=1S/C14H18N2O2/c1-9(2)12-14(18)15-11(13(17)16-12)8-10-6-4-3-5-7-10/h3-7,9,11-12H,8H2,1-2H3,(H,15,18)(H,16,17)/t11-,12+/m1/s1. The third-order valence-corrected chi connectivity index (χ3v) is 3.16. The lowest BCUT2D eigenvalue weighted by atomic mass is 9.97. The van der Waals surface area contributed by atoms with Crippen LogP contribution in [0.3, 0.4) is 0 Å². The van der Waals surface area contributed by atoms with Crippen molar-refractivity contribution in [3.8, 4) is 0 Å². The molecule has 2 atom stereocenters. The van der Waals surface area contributed by atoms with E-state index in [4.69, 9.17) is 0 Å². The number of hydrogen-bond donors (Lipinski definition) is 2. The number of carbonyl (C=O) groups excluding carboxylic acids is 2. The third-order valence-electron chi connectivity index (χ3n) is 3.16. The van der Waals surface area contributed by atoms with Gasteiger partial charge in [0.2, 0.25) is 11.8 Å². The summed E-state index contributed by atoms with van der Waals surface area (Å²) in [6.07, 6.45) is 0.531. The summed E-state index contributed by atoms with van der Waals surface area (Å²) in [7, 11) is 0. The fraction of sp³-hybridized carbons (Fsp3) is 0.429. The normalized spacial score (nSPS) is 23.7. The molecule has 4 nitrogen and oxygen atoms in total. The molecule has 2 N–H and O–H groups in total. The first kappa shape index (κ1) is 12.6. The van der Waals surface area contributed by atoms with Crippen LogP contribution in [0.15, 0.2) is 30.3 Å². The fourth-order valence-corrected chi connectivity index (χ4v) is 2.11. The lowest BCUT2D eigenvalue weighted by Crippen LogP contribution is -2.63. The number of amides is 2. The fourth-order valence-electron chi connectivity index (χ4n) is 2.11. The molecule has 1 aliphatic heterocycles. The minimum absolute atomic E-state index is 0.0921. The quantitative estimate of drug-likeness (QED) is 0.831. The summed E-state index contributed by atoms with van der Waals surface area (Å²) in [5, 5.41) is 5.58. The van der Waals surface area contributed by atoms with Crippen LogP contribution >= 0.6 is 0 Å². The van der Waals surface area contributed by atoms with E-state index in [1.165, 1.54) is 0 Å². The van der Waals surface area contributed by atoms with Crippen LogP contribution in [0.1, 0.15) is 19.4 Å². The maximum Gasteiger partial charge on any atom is 0.243 e. The van der Waals surface area contributed by atoms with Crippen LogP contribution in [-0.4, -0.2) is 23.9 Å². The lowest BCUT2D eigenvalue weighted by molar-refractivity contribution is -0.137. The second-order valence-corrected chi connectivity index (χ2v) is 4.98. The Morgan fingerprint density at radius 2 is 1.72 bits per heavy atom. The van der Waals surface area contributed by atoms with Crippen molar-refractivity contribution in [3.63, 3.8) is 0 Å². The summed E-state index contributed by atoms with van der Waals surface area (Å²) in [5.74, 6) is -0.0886. The molecular weight excluding hydrogens is 228 g/mol. The van der Waals surface area contributed by atoms with Crippen molar-refractivity contribution in [3.05, 3.63) is 35.9 Å². The van der Waals surface area contributed by atoms with Crippen LogP contribution in [-0.2, 0) is 16.0 Å². The van der Waals surface area contributed by atoms with Gasteiger partial charge in [-0.1, -0.05) is 44.2 Å². The van der Waals surface area contributed by atoms with Gasteiger partial charge in [-0.15, -0.1) is 0 Å². The van der Waals surface area contributed by atoms with Gasteiger partial charge < -0.3 is 10.6 Å². The first-order chi connectivity index (χ1) is 8.58. The molecule has 0 unspecified atom stereocenters. The lowest BCUT2D eigenvalue weighted by Gasteiger charge is -2.31. The van der Waals surface area contributed by atoms with Crippen molar-refractivity contribution in [1.82, 2.24) is 10.6 Å². The van der Waals surface area contributed by atoms with Gasteiger partial charge in [-0.25, -0.2) is 0 Å². The van der Waals surface area contributed by atoms with Gasteiger partial charge in [0.1, 0.15) is 12.1 Å². The second-order valence-electron chi connectivity index (χ2n) is 4.98. The van der Waals surface area contributed by atoms with Crippen LogP contribution < -0.4 is 10.6 Å². The molecule has 0 bridgehead atoms. The Hall–Kier alpha value is -1.84. The molecule has 0 radical (unpaired) electrons. The summed E-state index contributed by atoms with van der Waals surface area (Å²) in [6.45, 7) is 3.84. The Bertz CT molecular complexity index is 442. The van der Waals surface area contributed by atoms with Crippen LogP contribution in [0, 0.1) is 5.92 Å². The summed E-state index contributed by atoms with van der Waals surface area (Å²) in [6, 6.07) is 8.81. The molecule has 4 heteroatoms. The van der Waals surface area contributed by atoms with Crippen molar-refractivity contribution in [2.24, 2.45) is 5.92 Å². The van der Waals surface area contributed by atoms with Gasteiger partial charge in [0.25, 0.3) is 0 Å². The van der Waals surface area contributed by atoms with Crippen LogP contribution in [0.4, 0.5) is 0 Å². The van der Waals surface area contributed by atoms with Crippen molar-refractivity contribution >= 4 is 11.8 Å². The van der Waals surface area contributed by atoms with Gasteiger partial charge in [0, 0.05) is 6.42 Å². The van der Waals surface area contributed by atoms with E-state index < -0.39 is 12.1 Å². The highest BCUT2D eigenvalue weighted by Crippen LogP contribution is 2.10. The predicted octanol–water partition coefficient (Wildman–Crippen LogP) is 0.868. The molecule has 1 fully saturated rings. The molecule has 0 aliphatic carbocycles. The first-order valence-corrected chi connectivity index (χ1v) is 6.22. The second kappa shape index (κ2) is 5.21. The van der Waals surface area contributed by atoms with Gasteiger partial charge in [0.05, 0.1) is 0 Å². The van der Waals surface area contributed by atoms with E-state index in [0.29, 0.717) is 6.42 Å². The molecule has 1 aliphatic rings. The molecule has 0 aromatic heterocycles. The molecular formula is C14H18N2O2. The zero-order chi connectivity index (χ0) is 13.1. The van der Waals surface area contributed by atoms with Crippen molar-refractivity contribution < 1.29 is 9.59 Å². The molecule has 2 rings (SSSR count). The maximum absolute atomic E-state index is 11.9. The molecule has 1 aromatic carbocycles. The summed E-state index contributed by atoms with van der Waals surface area (Å²) >= 11 is 0. The molecule has 2 amide bonds. The molecule has 1 saturated heterocycles. The number of carbonyl (C=O) groups is 2. The van der Waals surface area contributed by atoms with Crippen molar-refractivity contribution in [2.45, 2.75) is 32.4 Å². The zero-order valence-electron chi connectivity index (χ0n) is 10.6. The number of rotatable bonds is 3. The van der Waals surface area contributed by atoms with E-state index >= 15 is 0 Å². The number of nitrogens with one attached hydrogen (secondary N) is 2. The molecule has 0 saturated carbocycles. The Morgan fingerprint density at radius 3 is 2.33 bits per heavy atom. The van der Waals surface area contributed by atoms with Crippen LogP contribution in [0.25, 0.3) is 0 Å². The number of piperazine rings is 1. The number of hydrogen-bond acceptors (Lipinski definition) is 2. The topological polar surface area (TPSA) is 58.2 Å². The van der Waals surface area contributed by atoms with Gasteiger partial charge in [-0.3, -0.25) is 9.59 Å². The monoisotopic (exact) mass is 246 g/mol. The van der Waals surface area contributed by atoms with E-state index in [9.17, 15) is 9.59 Å². The SMILES string of the molecule is CC(C)[C@@H]1NC(=O)[C@@H](Cc2ccccc2)NC1=O. The summed E-state index contributed by atoms with van der Waals surface area (Å²) in [5.41, 5.74) is 1.04. The number of benzene rings is 1. The van der Waals surface area contributed by atoms with Gasteiger partial charge in [0.15, 0.2) is 0 Å². The average molecular weight is 246 g/mol. The Labute approximate surface area is 107 Å². The Morgan fingerprint density at radius 1 is 1.06 bits per heavy atom. The maximum atomic E-state index is 11.9. The average Bonchev–Trinajstić information content (AvgIpc) is 2.34. The van der Waals surface area contributed by atoms with E-state index in [1.807, 2.05) is 44.2 Å². The van der Waals surface area contributed by atoms with Gasteiger partial charge in [-0.2, -0.15) is 0 Å². The van der Waals surface area contributed by atoms with E-state index in [2.05, 4.69) is 10.6 Å². The zero-order valence-corrected chi connectivity index (χ0v) is 10.6. The molecule has 18 heavy (non-hydrogen) atoms. The smallest absolute Gasteiger partial charge is 0.243 e. The Balaban J connectivity index is 2.04. The predicted molar refractivity (Wildman–Crippen MR) is 68.8 cm³/mol. The largest absolute Gasteiger partial charge is 0.342 e. The van der Waals surface area contributed by atoms with Gasteiger partial charge in [-0.05, 0) is 11.5 Å². The highest BCUT2D eigenvalue weighted by molar-refractivity contribution is 5.97. The van der Waals surface area contributed by atoms with Crippen LogP contribution in [0.5, 0.6) is 0 Å². The highest BCUT2D eigenvalue weighted by Gasteiger charge is 2.34. The summed E-state index contributed by atoms with van der Waals surface area (Å²) in [4.78, 5) is 23.8.